The van der Waals surface area contributed by atoms with Crippen molar-refractivity contribution < 1.29 is 9.21 Å². The Balaban J connectivity index is 1.62. The first-order valence-corrected chi connectivity index (χ1v) is 9.35. The van der Waals surface area contributed by atoms with E-state index in [2.05, 4.69) is 10.4 Å². The van der Waals surface area contributed by atoms with Gasteiger partial charge in [-0.3, -0.25) is 9.59 Å². The maximum absolute atomic E-state index is 12.8. The highest BCUT2D eigenvalue weighted by molar-refractivity contribution is 6.02. The summed E-state index contributed by atoms with van der Waals surface area (Å²) in [5.41, 5.74) is 4.29. The van der Waals surface area contributed by atoms with Crippen LogP contribution in [0.3, 0.4) is 0 Å². The van der Waals surface area contributed by atoms with Crippen LogP contribution < -0.4 is 10.7 Å². The van der Waals surface area contributed by atoms with Gasteiger partial charge in [0, 0.05) is 12.1 Å². The molecule has 1 N–H and O–H groups in total. The normalized spacial score (nSPS) is 11.0. The third-order valence-electron chi connectivity index (χ3n) is 5.05. The van der Waals surface area contributed by atoms with E-state index >= 15 is 0 Å². The smallest absolute Gasteiger partial charge is 0.292 e. The second-order valence-corrected chi connectivity index (χ2v) is 7.17. The molecule has 4 aromatic rings. The van der Waals surface area contributed by atoms with Gasteiger partial charge >= 0.3 is 0 Å². The number of benzene rings is 2. The fraction of sp³-hybridized carbons (Fsp3) is 0.174. The Morgan fingerprint density at radius 2 is 1.83 bits per heavy atom. The van der Waals surface area contributed by atoms with E-state index in [4.69, 9.17) is 4.42 Å². The second-order valence-electron chi connectivity index (χ2n) is 7.17. The van der Waals surface area contributed by atoms with Gasteiger partial charge in [0.2, 0.25) is 0 Å². The van der Waals surface area contributed by atoms with Crippen molar-refractivity contribution in [3.05, 3.63) is 93.0 Å². The van der Waals surface area contributed by atoms with Gasteiger partial charge in [0.05, 0.1) is 18.1 Å². The molecule has 0 fully saturated rings. The highest BCUT2D eigenvalue weighted by Crippen LogP contribution is 2.21. The molecule has 2 aromatic heterocycles. The van der Waals surface area contributed by atoms with Gasteiger partial charge in [0.1, 0.15) is 11.4 Å². The van der Waals surface area contributed by atoms with Crippen LogP contribution in [0, 0.1) is 20.8 Å². The summed E-state index contributed by atoms with van der Waals surface area (Å²) in [5, 5.41) is 7.54. The summed E-state index contributed by atoms with van der Waals surface area (Å²) in [4.78, 5) is 25.2. The zero-order valence-electron chi connectivity index (χ0n) is 16.5. The van der Waals surface area contributed by atoms with Crippen LogP contribution in [0.4, 0.5) is 5.82 Å². The molecule has 6 heteroatoms. The van der Waals surface area contributed by atoms with Gasteiger partial charge in [-0.1, -0.05) is 35.9 Å². The molecule has 2 aromatic carbocycles. The molecule has 29 heavy (non-hydrogen) atoms. The Hall–Kier alpha value is -3.67. The summed E-state index contributed by atoms with van der Waals surface area (Å²) < 4.78 is 7.49. The number of hydrogen-bond acceptors (Lipinski definition) is 4. The van der Waals surface area contributed by atoms with Crippen molar-refractivity contribution in [3.63, 3.8) is 0 Å². The van der Waals surface area contributed by atoms with Crippen molar-refractivity contribution in [1.82, 2.24) is 9.78 Å². The Labute approximate surface area is 167 Å². The van der Waals surface area contributed by atoms with E-state index in [0.29, 0.717) is 23.3 Å². The van der Waals surface area contributed by atoms with Crippen LogP contribution in [0.15, 0.2) is 63.9 Å². The van der Waals surface area contributed by atoms with Crippen LogP contribution >= 0.6 is 0 Å². The third-order valence-corrected chi connectivity index (χ3v) is 5.05. The van der Waals surface area contributed by atoms with Crippen molar-refractivity contribution in [2.75, 3.05) is 5.32 Å². The summed E-state index contributed by atoms with van der Waals surface area (Å²) in [6.45, 7) is 6.36. The number of aromatic nitrogens is 2. The molecule has 0 bridgehead atoms. The molecule has 0 aliphatic heterocycles. The van der Waals surface area contributed by atoms with E-state index in [1.807, 2.05) is 51.1 Å². The SMILES string of the molecule is Cc1ccc(Cn2nccc2NC(=O)c2cc(=O)c3ccc(C)c(C)c3o2)cc1. The molecule has 146 valence electrons. The van der Waals surface area contributed by atoms with E-state index in [9.17, 15) is 9.59 Å². The van der Waals surface area contributed by atoms with Crippen LogP contribution in [0.2, 0.25) is 0 Å². The van der Waals surface area contributed by atoms with Gasteiger partial charge in [-0.25, -0.2) is 4.68 Å². The Kier molecular flexibility index (Phi) is 4.76. The Bertz CT molecular complexity index is 1270. The Morgan fingerprint density at radius 3 is 2.59 bits per heavy atom. The highest BCUT2D eigenvalue weighted by atomic mass is 16.3. The fourth-order valence-corrected chi connectivity index (χ4v) is 3.17. The molecule has 0 saturated carbocycles. The molecule has 0 spiro atoms. The first-order chi connectivity index (χ1) is 13.9. The predicted molar refractivity (Wildman–Crippen MR) is 112 cm³/mol. The fourth-order valence-electron chi connectivity index (χ4n) is 3.17. The standard InChI is InChI=1S/C23H21N3O3/c1-14-4-7-17(8-5-14)13-26-21(10-11-24-26)25-23(28)20-12-19(27)18-9-6-15(2)16(3)22(18)29-20/h4-12H,13H2,1-3H3,(H,25,28). The number of carbonyl (C=O) groups is 1. The van der Waals surface area contributed by atoms with Crippen molar-refractivity contribution >= 4 is 22.7 Å². The summed E-state index contributed by atoms with van der Waals surface area (Å²) in [6, 6.07) is 14.6. The molecule has 4 rings (SSSR count). The molecule has 0 atom stereocenters. The van der Waals surface area contributed by atoms with Gasteiger partial charge in [0.15, 0.2) is 11.2 Å². The number of nitrogens with zero attached hydrogens (tertiary/aromatic N) is 2. The predicted octanol–water partition coefficient (Wildman–Crippen LogP) is 4.22. The molecule has 0 aliphatic carbocycles. The summed E-state index contributed by atoms with van der Waals surface area (Å²) >= 11 is 0. The molecular formula is C23H21N3O3. The third kappa shape index (κ3) is 3.69. The molecular weight excluding hydrogens is 366 g/mol. The average molecular weight is 387 g/mol. The number of nitrogens with one attached hydrogen (secondary N) is 1. The van der Waals surface area contributed by atoms with Crippen LogP contribution in [-0.2, 0) is 6.54 Å². The van der Waals surface area contributed by atoms with Gasteiger partial charge in [-0.2, -0.15) is 5.10 Å². The lowest BCUT2D eigenvalue weighted by Crippen LogP contribution is -2.18. The minimum atomic E-state index is -0.490. The average Bonchev–Trinajstić information content (AvgIpc) is 3.13. The van der Waals surface area contributed by atoms with Crippen LogP contribution in [-0.4, -0.2) is 15.7 Å². The lowest BCUT2D eigenvalue weighted by molar-refractivity contribution is 0.0996. The van der Waals surface area contributed by atoms with E-state index in [1.54, 1.807) is 23.0 Å². The van der Waals surface area contributed by atoms with Crippen molar-refractivity contribution in [2.24, 2.45) is 0 Å². The number of carbonyl (C=O) groups excluding carboxylic acids is 1. The van der Waals surface area contributed by atoms with Gasteiger partial charge < -0.3 is 9.73 Å². The molecule has 6 nitrogen and oxygen atoms in total. The van der Waals surface area contributed by atoms with Crippen LogP contribution in [0.5, 0.6) is 0 Å². The maximum Gasteiger partial charge on any atom is 0.292 e. The van der Waals surface area contributed by atoms with Gasteiger partial charge in [-0.15, -0.1) is 0 Å². The van der Waals surface area contributed by atoms with Crippen molar-refractivity contribution in [2.45, 2.75) is 27.3 Å². The zero-order valence-corrected chi connectivity index (χ0v) is 16.5. The number of hydrogen-bond donors (Lipinski definition) is 1. The zero-order chi connectivity index (χ0) is 20.5. The second kappa shape index (κ2) is 7.39. The highest BCUT2D eigenvalue weighted by Gasteiger charge is 2.16. The van der Waals surface area contributed by atoms with Crippen LogP contribution in [0.25, 0.3) is 11.0 Å². The first-order valence-electron chi connectivity index (χ1n) is 9.35. The van der Waals surface area contributed by atoms with Gasteiger partial charge in [0.25, 0.3) is 5.91 Å². The lowest BCUT2D eigenvalue weighted by atomic mass is 10.1. The van der Waals surface area contributed by atoms with Crippen LogP contribution in [0.1, 0.15) is 32.8 Å². The van der Waals surface area contributed by atoms with E-state index in [1.165, 1.54) is 11.6 Å². The molecule has 1 amide bonds. The number of anilines is 1. The largest absolute Gasteiger partial charge is 0.450 e. The number of amides is 1. The monoisotopic (exact) mass is 387 g/mol. The van der Waals surface area contributed by atoms with E-state index in [-0.39, 0.29) is 11.2 Å². The molecule has 0 aliphatic rings. The summed E-state index contributed by atoms with van der Waals surface area (Å²) in [5.74, 6) is 0.00846. The lowest BCUT2D eigenvalue weighted by Gasteiger charge is -2.10. The quantitative estimate of drug-likeness (QED) is 0.569. The topological polar surface area (TPSA) is 77.1 Å². The minimum absolute atomic E-state index is 0.0284. The number of aryl methyl sites for hydroxylation is 3. The molecule has 2 heterocycles. The molecule has 0 saturated heterocycles. The minimum Gasteiger partial charge on any atom is -0.450 e. The molecule has 0 radical (unpaired) electrons. The molecule has 0 unspecified atom stereocenters. The van der Waals surface area contributed by atoms with E-state index in [0.717, 1.165) is 16.7 Å². The van der Waals surface area contributed by atoms with E-state index < -0.39 is 5.91 Å². The first kappa shape index (κ1) is 18.7. The summed E-state index contributed by atoms with van der Waals surface area (Å²) in [7, 11) is 0. The Morgan fingerprint density at radius 1 is 1.07 bits per heavy atom. The maximum atomic E-state index is 12.8. The van der Waals surface area contributed by atoms with Crippen molar-refractivity contribution in [1.29, 1.82) is 0 Å². The summed E-state index contributed by atoms with van der Waals surface area (Å²) in [6.07, 6.45) is 1.62. The number of rotatable bonds is 4. The number of fused-ring (bicyclic) bond motifs is 1. The van der Waals surface area contributed by atoms with Gasteiger partial charge in [-0.05, 0) is 43.5 Å². The van der Waals surface area contributed by atoms with Crippen molar-refractivity contribution in [3.8, 4) is 0 Å².